The monoisotopic (exact) mass is 207 g/mol. The Bertz CT molecular complexity index is 527. The summed E-state index contributed by atoms with van der Waals surface area (Å²) in [5.74, 6) is 0.105. The third-order valence-electron chi connectivity index (χ3n) is 2.25. The number of unbranched alkanes of at least 4 members (excludes halogenated alkanes) is 1. The van der Waals surface area contributed by atoms with Crippen LogP contribution in [0.25, 0.3) is 11.2 Å². The average Bonchev–Trinajstić information content (AvgIpc) is 2.58. The minimum Gasteiger partial charge on any atom is -0.369 e. The summed E-state index contributed by atoms with van der Waals surface area (Å²) in [5.41, 5.74) is 6.10. The SMILES string of the molecule is CCCCn1cnc2nc(N)[nH]c(=O)c21. The summed E-state index contributed by atoms with van der Waals surface area (Å²) in [6, 6.07) is 0. The molecule has 3 N–H and O–H groups in total. The minimum atomic E-state index is -0.230. The molecule has 0 aliphatic heterocycles. The first-order valence-electron chi connectivity index (χ1n) is 4.93. The summed E-state index contributed by atoms with van der Waals surface area (Å²) in [4.78, 5) is 22.1. The van der Waals surface area contributed by atoms with Crippen molar-refractivity contribution in [2.45, 2.75) is 26.3 Å². The highest BCUT2D eigenvalue weighted by molar-refractivity contribution is 5.70. The summed E-state index contributed by atoms with van der Waals surface area (Å²) >= 11 is 0. The maximum atomic E-state index is 11.6. The van der Waals surface area contributed by atoms with Crippen molar-refractivity contribution in [2.24, 2.45) is 0 Å². The average molecular weight is 207 g/mol. The van der Waals surface area contributed by atoms with Gasteiger partial charge in [0, 0.05) is 6.54 Å². The number of nitrogen functional groups attached to an aromatic ring is 1. The number of nitrogens with two attached hydrogens (primary N) is 1. The summed E-state index contributed by atoms with van der Waals surface area (Å²) in [5, 5.41) is 0. The maximum Gasteiger partial charge on any atom is 0.278 e. The van der Waals surface area contributed by atoms with Gasteiger partial charge in [-0.1, -0.05) is 13.3 Å². The Kier molecular flexibility index (Phi) is 2.40. The highest BCUT2D eigenvalue weighted by atomic mass is 16.1. The van der Waals surface area contributed by atoms with E-state index in [1.807, 2.05) is 4.57 Å². The van der Waals surface area contributed by atoms with Crippen LogP contribution in [0.2, 0.25) is 0 Å². The molecule has 80 valence electrons. The van der Waals surface area contributed by atoms with E-state index in [0.717, 1.165) is 19.4 Å². The zero-order valence-electron chi connectivity index (χ0n) is 8.53. The third-order valence-corrected chi connectivity index (χ3v) is 2.25. The zero-order chi connectivity index (χ0) is 10.8. The van der Waals surface area contributed by atoms with E-state index < -0.39 is 0 Å². The number of imidazole rings is 1. The number of hydrogen-bond donors (Lipinski definition) is 2. The molecule has 0 saturated heterocycles. The van der Waals surface area contributed by atoms with Gasteiger partial charge in [0.1, 0.15) is 0 Å². The van der Waals surface area contributed by atoms with E-state index in [1.54, 1.807) is 6.33 Å². The fourth-order valence-electron chi connectivity index (χ4n) is 1.50. The number of nitrogens with zero attached hydrogens (tertiary/aromatic N) is 3. The van der Waals surface area contributed by atoms with Crippen molar-refractivity contribution in [3.8, 4) is 0 Å². The lowest BCUT2D eigenvalue weighted by atomic mass is 10.3. The van der Waals surface area contributed by atoms with Gasteiger partial charge in [0.25, 0.3) is 5.56 Å². The molecule has 0 unspecified atom stereocenters. The van der Waals surface area contributed by atoms with Gasteiger partial charge < -0.3 is 10.3 Å². The van der Waals surface area contributed by atoms with E-state index in [2.05, 4.69) is 21.9 Å². The second-order valence-electron chi connectivity index (χ2n) is 3.41. The first-order valence-corrected chi connectivity index (χ1v) is 4.93. The Morgan fingerprint density at radius 1 is 1.60 bits per heavy atom. The number of nitrogens with one attached hydrogen (secondary N) is 1. The lowest BCUT2D eigenvalue weighted by Gasteiger charge is -2.01. The molecular formula is C9H13N5O. The van der Waals surface area contributed by atoms with Gasteiger partial charge in [0.2, 0.25) is 5.95 Å². The summed E-state index contributed by atoms with van der Waals surface area (Å²) in [7, 11) is 0. The van der Waals surface area contributed by atoms with Crippen LogP contribution < -0.4 is 11.3 Å². The van der Waals surface area contributed by atoms with Gasteiger partial charge in [-0.25, -0.2) is 4.98 Å². The Morgan fingerprint density at radius 3 is 3.13 bits per heavy atom. The molecule has 6 nitrogen and oxygen atoms in total. The lowest BCUT2D eigenvalue weighted by molar-refractivity contribution is 0.644. The van der Waals surface area contributed by atoms with E-state index in [-0.39, 0.29) is 11.5 Å². The van der Waals surface area contributed by atoms with Crippen LogP contribution in [-0.2, 0) is 6.54 Å². The fourth-order valence-corrected chi connectivity index (χ4v) is 1.50. The predicted molar refractivity (Wildman–Crippen MR) is 57.5 cm³/mol. The van der Waals surface area contributed by atoms with E-state index in [0.29, 0.717) is 11.2 Å². The standard InChI is InChI=1S/C9H13N5O/c1-2-3-4-14-5-11-7-6(14)8(15)13-9(10)12-7/h5H,2-4H2,1H3,(H3,10,12,13,15). The molecule has 6 heteroatoms. The second-order valence-corrected chi connectivity index (χ2v) is 3.41. The van der Waals surface area contributed by atoms with E-state index >= 15 is 0 Å². The Labute approximate surface area is 86.2 Å². The van der Waals surface area contributed by atoms with Crippen molar-refractivity contribution in [2.75, 3.05) is 5.73 Å². The van der Waals surface area contributed by atoms with Crippen molar-refractivity contribution in [1.82, 2.24) is 19.5 Å². The van der Waals surface area contributed by atoms with Crippen LogP contribution in [0.3, 0.4) is 0 Å². The Hall–Kier alpha value is -1.85. The van der Waals surface area contributed by atoms with Crippen molar-refractivity contribution >= 4 is 17.1 Å². The van der Waals surface area contributed by atoms with Gasteiger partial charge in [0.15, 0.2) is 11.2 Å². The first-order chi connectivity index (χ1) is 7.22. The van der Waals surface area contributed by atoms with Crippen LogP contribution >= 0.6 is 0 Å². The molecule has 0 saturated carbocycles. The Morgan fingerprint density at radius 2 is 2.40 bits per heavy atom. The summed E-state index contributed by atoms with van der Waals surface area (Å²) in [6.07, 6.45) is 3.71. The van der Waals surface area contributed by atoms with Crippen LogP contribution in [0.15, 0.2) is 11.1 Å². The molecule has 0 fully saturated rings. The number of anilines is 1. The molecule has 2 rings (SSSR count). The van der Waals surface area contributed by atoms with Crippen molar-refractivity contribution < 1.29 is 0 Å². The molecule has 2 aromatic heterocycles. The zero-order valence-corrected chi connectivity index (χ0v) is 8.53. The van der Waals surface area contributed by atoms with Crippen molar-refractivity contribution in [3.63, 3.8) is 0 Å². The molecule has 0 bridgehead atoms. The molecule has 2 heterocycles. The number of aromatic nitrogens is 4. The third kappa shape index (κ3) is 1.70. The van der Waals surface area contributed by atoms with Crippen LogP contribution in [0, 0.1) is 0 Å². The van der Waals surface area contributed by atoms with Crippen LogP contribution in [0.4, 0.5) is 5.95 Å². The topological polar surface area (TPSA) is 89.6 Å². The smallest absolute Gasteiger partial charge is 0.278 e. The number of hydrogen-bond acceptors (Lipinski definition) is 4. The molecule has 0 radical (unpaired) electrons. The summed E-state index contributed by atoms with van der Waals surface area (Å²) in [6.45, 7) is 2.88. The highest BCUT2D eigenvalue weighted by Gasteiger charge is 2.08. The number of aryl methyl sites for hydroxylation is 1. The van der Waals surface area contributed by atoms with Gasteiger partial charge in [-0.15, -0.1) is 0 Å². The largest absolute Gasteiger partial charge is 0.369 e. The van der Waals surface area contributed by atoms with Crippen molar-refractivity contribution in [1.29, 1.82) is 0 Å². The first kappa shape index (κ1) is 9.70. The van der Waals surface area contributed by atoms with Gasteiger partial charge in [-0.2, -0.15) is 4.98 Å². The molecule has 0 atom stereocenters. The molecule has 0 spiro atoms. The van der Waals surface area contributed by atoms with Crippen LogP contribution in [-0.4, -0.2) is 19.5 Å². The Balaban J connectivity index is 2.54. The number of rotatable bonds is 3. The molecule has 0 aromatic carbocycles. The quantitative estimate of drug-likeness (QED) is 0.767. The minimum absolute atomic E-state index is 0.105. The van der Waals surface area contributed by atoms with E-state index in [4.69, 9.17) is 5.73 Å². The molecule has 0 aliphatic rings. The lowest BCUT2D eigenvalue weighted by Crippen LogP contribution is -2.14. The van der Waals surface area contributed by atoms with Crippen LogP contribution in [0.1, 0.15) is 19.8 Å². The van der Waals surface area contributed by atoms with Crippen LogP contribution in [0.5, 0.6) is 0 Å². The molecule has 2 aromatic rings. The maximum absolute atomic E-state index is 11.6. The fraction of sp³-hybridized carbons (Fsp3) is 0.444. The van der Waals surface area contributed by atoms with E-state index in [9.17, 15) is 4.79 Å². The van der Waals surface area contributed by atoms with Gasteiger partial charge in [-0.3, -0.25) is 9.78 Å². The van der Waals surface area contributed by atoms with Gasteiger partial charge in [0.05, 0.1) is 6.33 Å². The van der Waals surface area contributed by atoms with Gasteiger partial charge in [-0.05, 0) is 6.42 Å². The second kappa shape index (κ2) is 3.72. The van der Waals surface area contributed by atoms with Gasteiger partial charge >= 0.3 is 0 Å². The predicted octanol–water partition coefficient (Wildman–Crippen LogP) is 0.502. The summed E-state index contributed by atoms with van der Waals surface area (Å²) < 4.78 is 1.81. The van der Waals surface area contributed by atoms with Crippen molar-refractivity contribution in [3.05, 3.63) is 16.7 Å². The molecular weight excluding hydrogens is 194 g/mol. The number of fused-ring (bicyclic) bond motifs is 1. The van der Waals surface area contributed by atoms with E-state index in [1.165, 1.54) is 0 Å². The molecule has 0 aliphatic carbocycles. The normalized spacial score (nSPS) is 11.0. The number of H-pyrrole nitrogens is 1. The molecule has 0 amide bonds. The molecule has 15 heavy (non-hydrogen) atoms. The number of aromatic amines is 1. The highest BCUT2D eigenvalue weighted by Crippen LogP contribution is 2.06.